The van der Waals surface area contributed by atoms with Crippen molar-refractivity contribution in [2.75, 3.05) is 5.32 Å². The zero-order valence-electron chi connectivity index (χ0n) is 10.6. The lowest BCUT2D eigenvalue weighted by Gasteiger charge is -2.07. The van der Waals surface area contributed by atoms with Crippen LogP contribution in [0, 0.1) is 5.82 Å². The first kappa shape index (κ1) is 14.4. The highest BCUT2D eigenvalue weighted by molar-refractivity contribution is 5.90. The fourth-order valence-corrected chi connectivity index (χ4v) is 1.56. The Morgan fingerprint density at radius 3 is 2.62 bits per heavy atom. The lowest BCUT2D eigenvalue weighted by molar-refractivity contribution is -0.117. The summed E-state index contributed by atoms with van der Waals surface area (Å²) in [5.41, 5.74) is -1.04. The quantitative estimate of drug-likeness (QED) is 0.864. The number of benzene rings is 1. The Balaban J connectivity index is 2.17. The van der Waals surface area contributed by atoms with Crippen LogP contribution in [0.1, 0.15) is 10.5 Å². The number of carboxylic acids is 1. The molecule has 108 valence electrons. The van der Waals surface area contributed by atoms with Gasteiger partial charge in [0.15, 0.2) is 5.69 Å². The standard InChI is InChI=1S/C13H10FN3O4/c14-8-3-1-2-4-9(8)15-11(18)7-17-12(19)6-5-10(16-17)13(20)21/h1-6H,7H2,(H,15,18)(H,20,21). The van der Waals surface area contributed by atoms with Gasteiger partial charge in [-0.25, -0.2) is 13.9 Å². The third-order valence-corrected chi connectivity index (χ3v) is 2.53. The van der Waals surface area contributed by atoms with Crippen LogP contribution in [0.5, 0.6) is 0 Å². The van der Waals surface area contributed by atoms with E-state index >= 15 is 0 Å². The summed E-state index contributed by atoms with van der Waals surface area (Å²) < 4.78 is 14.1. The molecule has 0 atom stereocenters. The summed E-state index contributed by atoms with van der Waals surface area (Å²) in [7, 11) is 0. The Hall–Kier alpha value is -3.03. The van der Waals surface area contributed by atoms with Gasteiger partial charge in [-0.1, -0.05) is 12.1 Å². The highest BCUT2D eigenvalue weighted by Gasteiger charge is 2.11. The zero-order chi connectivity index (χ0) is 15.4. The third-order valence-electron chi connectivity index (χ3n) is 2.53. The van der Waals surface area contributed by atoms with E-state index in [1.807, 2.05) is 0 Å². The van der Waals surface area contributed by atoms with Gasteiger partial charge in [-0.3, -0.25) is 9.59 Å². The molecule has 0 aliphatic carbocycles. The minimum absolute atomic E-state index is 0.0371. The Morgan fingerprint density at radius 1 is 1.24 bits per heavy atom. The summed E-state index contributed by atoms with van der Waals surface area (Å²) in [6.45, 7) is -0.520. The van der Waals surface area contributed by atoms with Crippen LogP contribution in [0.2, 0.25) is 0 Å². The first-order valence-electron chi connectivity index (χ1n) is 5.83. The van der Waals surface area contributed by atoms with Crippen molar-refractivity contribution in [3.8, 4) is 0 Å². The van der Waals surface area contributed by atoms with Gasteiger partial charge < -0.3 is 10.4 Å². The van der Waals surface area contributed by atoms with E-state index in [1.165, 1.54) is 24.3 Å². The molecule has 0 saturated carbocycles. The largest absolute Gasteiger partial charge is 0.476 e. The number of hydrogen-bond acceptors (Lipinski definition) is 4. The van der Waals surface area contributed by atoms with Crippen molar-refractivity contribution in [2.24, 2.45) is 0 Å². The second-order valence-corrected chi connectivity index (χ2v) is 4.05. The van der Waals surface area contributed by atoms with Gasteiger partial charge in [0.05, 0.1) is 5.69 Å². The van der Waals surface area contributed by atoms with Crippen molar-refractivity contribution >= 4 is 17.6 Å². The second-order valence-electron chi connectivity index (χ2n) is 4.05. The number of aromatic nitrogens is 2. The lowest BCUT2D eigenvalue weighted by atomic mass is 10.3. The molecule has 21 heavy (non-hydrogen) atoms. The van der Waals surface area contributed by atoms with Crippen molar-refractivity contribution in [3.63, 3.8) is 0 Å². The summed E-state index contributed by atoms with van der Waals surface area (Å²) >= 11 is 0. The fourth-order valence-electron chi connectivity index (χ4n) is 1.56. The molecule has 0 radical (unpaired) electrons. The molecule has 1 aromatic heterocycles. The average Bonchev–Trinajstić information content (AvgIpc) is 2.43. The molecule has 0 fully saturated rings. The number of anilines is 1. The van der Waals surface area contributed by atoms with Gasteiger partial charge in [-0.05, 0) is 18.2 Å². The molecule has 1 heterocycles. The van der Waals surface area contributed by atoms with Gasteiger partial charge >= 0.3 is 5.97 Å². The van der Waals surface area contributed by atoms with Crippen molar-refractivity contribution < 1.29 is 19.1 Å². The van der Waals surface area contributed by atoms with E-state index in [4.69, 9.17) is 5.11 Å². The first-order chi connectivity index (χ1) is 9.97. The van der Waals surface area contributed by atoms with Crippen LogP contribution in [-0.4, -0.2) is 26.8 Å². The molecular weight excluding hydrogens is 281 g/mol. The van der Waals surface area contributed by atoms with E-state index in [-0.39, 0.29) is 11.4 Å². The lowest BCUT2D eigenvalue weighted by Crippen LogP contribution is -2.30. The van der Waals surface area contributed by atoms with Gasteiger partial charge in [0, 0.05) is 6.07 Å². The summed E-state index contributed by atoms with van der Waals surface area (Å²) in [5, 5.41) is 14.6. The molecule has 1 aromatic carbocycles. The molecule has 2 N–H and O–H groups in total. The average molecular weight is 291 g/mol. The van der Waals surface area contributed by atoms with Crippen molar-refractivity contribution in [2.45, 2.75) is 6.54 Å². The Bertz CT molecular complexity index is 757. The number of nitrogens with zero attached hydrogens (tertiary/aromatic N) is 2. The SMILES string of the molecule is O=C(Cn1nc(C(=O)O)ccc1=O)Nc1ccccc1F. The maximum atomic E-state index is 13.4. The van der Waals surface area contributed by atoms with Crippen molar-refractivity contribution in [3.05, 3.63) is 58.3 Å². The number of amides is 1. The van der Waals surface area contributed by atoms with Gasteiger partial charge in [0.1, 0.15) is 12.4 Å². The summed E-state index contributed by atoms with van der Waals surface area (Å²) in [4.78, 5) is 34.0. The number of nitrogens with one attached hydrogen (secondary N) is 1. The summed E-state index contributed by atoms with van der Waals surface area (Å²) in [6, 6.07) is 7.56. The predicted octanol–water partition coefficient (Wildman–Crippen LogP) is 0.719. The molecule has 0 unspecified atom stereocenters. The number of hydrogen-bond donors (Lipinski definition) is 2. The molecule has 0 aliphatic rings. The van der Waals surface area contributed by atoms with E-state index in [1.54, 1.807) is 0 Å². The van der Waals surface area contributed by atoms with Gasteiger partial charge in [0.2, 0.25) is 5.91 Å². The monoisotopic (exact) mass is 291 g/mol. The topological polar surface area (TPSA) is 101 Å². The molecule has 0 saturated heterocycles. The molecule has 2 rings (SSSR count). The smallest absolute Gasteiger partial charge is 0.356 e. The predicted molar refractivity (Wildman–Crippen MR) is 70.5 cm³/mol. The van der Waals surface area contributed by atoms with E-state index < -0.39 is 29.8 Å². The minimum Gasteiger partial charge on any atom is -0.476 e. The summed E-state index contributed by atoms with van der Waals surface area (Å²) in [6.07, 6.45) is 0. The van der Waals surface area contributed by atoms with Gasteiger partial charge in [-0.2, -0.15) is 5.10 Å². The zero-order valence-corrected chi connectivity index (χ0v) is 10.6. The minimum atomic E-state index is -1.32. The molecule has 0 aliphatic heterocycles. The van der Waals surface area contributed by atoms with E-state index in [2.05, 4.69) is 10.4 Å². The normalized spacial score (nSPS) is 10.1. The highest BCUT2D eigenvalue weighted by Crippen LogP contribution is 2.11. The van der Waals surface area contributed by atoms with Gasteiger partial charge in [-0.15, -0.1) is 0 Å². The van der Waals surface area contributed by atoms with Gasteiger partial charge in [0.25, 0.3) is 5.56 Å². The number of carbonyl (C=O) groups excluding carboxylic acids is 1. The van der Waals surface area contributed by atoms with Crippen LogP contribution in [0.4, 0.5) is 10.1 Å². The van der Waals surface area contributed by atoms with Crippen molar-refractivity contribution in [1.82, 2.24) is 9.78 Å². The fraction of sp³-hybridized carbons (Fsp3) is 0.0769. The van der Waals surface area contributed by atoms with Crippen LogP contribution in [0.25, 0.3) is 0 Å². The number of carbonyl (C=O) groups is 2. The number of rotatable bonds is 4. The van der Waals surface area contributed by atoms with E-state index in [0.717, 1.165) is 12.1 Å². The maximum absolute atomic E-state index is 13.4. The number of carboxylic acid groups (broad SMARTS) is 1. The second kappa shape index (κ2) is 5.95. The summed E-state index contributed by atoms with van der Waals surface area (Å²) in [5.74, 6) is -2.64. The number of para-hydroxylation sites is 1. The molecule has 2 aromatic rings. The highest BCUT2D eigenvalue weighted by atomic mass is 19.1. The molecule has 7 nitrogen and oxygen atoms in total. The Kier molecular flexibility index (Phi) is 4.07. The first-order valence-corrected chi connectivity index (χ1v) is 5.83. The third kappa shape index (κ3) is 3.50. The van der Waals surface area contributed by atoms with Crippen LogP contribution in [0.3, 0.4) is 0 Å². The Morgan fingerprint density at radius 2 is 1.95 bits per heavy atom. The van der Waals surface area contributed by atoms with E-state index in [0.29, 0.717) is 4.68 Å². The van der Waals surface area contributed by atoms with Crippen LogP contribution in [-0.2, 0) is 11.3 Å². The molecule has 0 spiro atoms. The molecule has 8 heteroatoms. The van der Waals surface area contributed by atoms with E-state index in [9.17, 15) is 18.8 Å². The molecular formula is C13H10FN3O4. The molecule has 1 amide bonds. The number of halogens is 1. The maximum Gasteiger partial charge on any atom is 0.356 e. The van der Waals surface area contributed by atoms with Crippen LogP contribution >= 0.6 is 0 Å². The number of aromatic carboxylic acids is 1. The van der Waals surface area contributed by atoms with Crippen LogP contribution in [0.15, 0.2) is 41.2 Å². The Labute approximate surface area is 117 Å². The van der Waals surface area contributed by atoms with Crippen molar-refractivity contribution in [1.29, 1.82) is 0 Å². The molecule has 0 bridgehead atoms. The van der Waals surface area contributed by atoms with Crippen LogP contribution < -0.4 is 10.9 Å².